The number of nitrogens with zero attached hydrogens (tertiary/aromatic N) is 4. The molecule has 1 fully saturated rings. The van der Waals surface area contributed by atoms with E-state index in [0.717, 1.165) is 53.5 Å². The number of H-pyrrole nitrogens is 1. The van der Waals surface area contributed by atoms with Crippen LogP contribution in [0, 0.1) is 6.92 Å². The van der Waals surface area contributed by atoms with Crippen molar-refractivity contribution < 1.29 is 4.79 Å². The molecule has 0 saturated carbocycles. The van der Waals surface area contributed by atoms with Crippen molar-refractivity contribution in [1.29, 1.82) is 0 Å². The molecular weight excluding hydrogens is 352 g/mol. The number of rotatable bonds is 3. The number of benzene rings is 1. The lowest BCUT2D eigenvalue weighted by Crippen LogP contribution is -2.46. The van der Waals surface area contributed by atoms with E-state index in [0.29, 0.717) is 6.54 Å². The van der Waals surface area contributed by atoms with Gasteiger partial charge < -0.3 is 10.2 Å². The fraction of sp³-hybridized carbons (Fsp3) is 0.286. The quantitative estimate of drug-likeness (QED) is 0.737. The Kier molecular flexibility index (Phi) is 4.00. The molecule has 7 nitrogen and oxygen atoms in total. The minimum Gasteiger partial charge on any atom is -0.382 e. The Hall–Kier alpha value is -3.35. The number of amides is 1. The number of aromatic amines is 1. The van der Waals surface area contributed by atoms with Crippen LogP contribution in [-0.4, -0.2) is 46.8 Å². The zero-order valence-electron chi connectivity index (χ0n) is 15.7. The number of aromatic nitrogens is 3. The molecule has 5 rings (SSSR count). The van der Waals surface area contributed by atoms with Crippen LogP contribution in [0.5, 0.6) is 0 Å². The van der Waals surface area contributed by atoms with Crippen molar-refractivity contribution in [2.45, 2.75) is 19.4 Å². The molecule has 2 aliphatic heterocycles. The Morgan fingerprint density at radius 2 is 2.04 bits per heavy atom. The van der Waals surface area contributed by atoms with Crippen molar-refractivity contribution in [2.75, 3.05) is 34.8 Å². The number of fused-ring (bicyclic) bond motifs is 1. The molecule has 4 heterocycles. The third-order valence-corrected chi connectivity index (χ3v) is 5.59. The van der Waals surface area contributed by atoms with E-state index in [9.17, 15) is 4.79 Å². The van der Waals surface area contributed by atoms with E-state index in [1.54, 1.807) is 6.20 Å². The van der Waals surface area contributed by atoms with E-state index >= 15 is 0 Å². The Balaban J connectivity index is 1.41. The van der Waals surface area contributed by atoms with Gasteiger partial charge in [0.1, 0.15) is 11.9 Å². The smallest absolute Gasteiger partial charge is 0.250 e. The summed E-state index contributed by atoms with van der Waals surface area (Å²) < 4.78 is 0. The first kappa shape index (κ1) is 16.8. The van der Waals surface area contributed by atoms with Crippen LogP contribution in [0.4, 0.5) is 17.2 Å². The van der Waals surface area contributed by atoms with Crippen molar-refractivity contribution in [3.05, 3.63) is 54.5 Å². The fourth-order valence-electron chi connectivity index (χ4n) is 4.21. The number of hydrogen-bond acceptors (Lipinski definition) is 5. The van der Waals surface area contributed by atoms with Crippen LogP contribution >= 0.6 is 0 Å². The predicted octanol–water partition coefficient (Wildman–Crippen LogP) is 2.82. The number of nitrogens with one attached hydrogen (secondary N) is 2. The highest BCUT2D eigenvalue weighted by Crippen LogP contribution is 2.34. The van der Waals surface area contributed by atoms with Gasteiger partial charge in [-0.15, -0.1) is 0 Å². The number of carbonyl (C=O) groups is 1. The van der Waals surface area contributed by atoms with E-state index in [1.807, 2.05) is 42.3 Å². The molecule has 1 atom stereocenters. The second kappa shape index (κ2) is 6.67. The van der Waals surface area contributed by atoms with Gasteiger partial charge in [0.2, 0.25) is 0 Å². The molecule has 0 bridgehead atoms. The molecule has 0 spiro atoms. The third kappa shape index (κ3) is 2.70. The van der Waals surface area contributed by atoms with Gasteiger partial charge in [-0.3, -0.25) is 14.8 Å². The summed E-state index contributed by atoms with van der Waals surface area (Å²) in [6, 6.07) is 12.0. The standard InChI is InChI=1S/C21H22N6O/c1-14-16(15-12-23-24-13-15)6-7-20(25-14)27-10-8-19(21(27)28)26-11-9-22-17-4-2-3-5-18(17)26/h2-7,12-13,19,22H,8-11H2,1H3,(H,23,24). The SMILES string of the molecule is Cc1nc(N2CCC(N3CCNc4ccccc43)C2=O)ccc1-c1cn[nH]c1. The van der Waals surface area contributed by atoms with Gasteiger partial charge in [-0.2, -0.15) is 5.10 Å². The second-order valence-corrected chi connectivity index (χ2v) is 7.22. The molecular formula is C21H22N6O. The zero-order chi connectivity index (χ0) is 19.1. The highest BCUT2D eigenvalue weighted by Gasteiger charge is 2.38. The molecule has 1 unspecified atom stereocenters. The molecule has 2 aromatic heterocycles. The molecule has 142 valence electrons. The van der Waals surface area contributed by atoms with Crippen molar-refractivity contribution in [2.24, 2.45) is 0 Å². The van der Waals surface area contributed by atoms with Gasteiger partial charge in [-0.25, -0.2) is 4.98 Å². The molecule has 1 aromatic carbocycles. The monoisotopic (exact) mass is 374 g/mol. The number of pyridine rings is 1. The average Bonchev–Trinajstić information content (AvgIpc) is 3.37. The molecule has 28 heavy (non-hydrogen) atoms. The maximum Gasteiger partial charge on any atom is 0.250 e. The summed E-state index contributed by atoms with van der Waals surface area (Å²) in [6.45, 7) is 4.33. The van der Waals surface area contributed by atoms with Gasteiger partial charge in [-0.05, 0) is 37.6 Å². The van der Waals surface area contributed by atoms with Gasteiger partial charge in [0, 0.05) is 42.7 Å². The van der Waals surface area contributed by atoms with Crippen LogP contribution in [0.1, 0.15) is 12.1 Å². The fourth-order valence-corrected chi connectivity index (χ4v) is 4.21. The Morgan fingerprint density at radius 3 is 2.86 bits per heavy atom. The Bertz CT molecular complexity index is 1020. The summed E-state index contributed by atoms with van der Waals surface area (Å²) in [6.07, 6.45) is 4.43. The normalized spacial score (nSPS) is 18.9. The summed E-state index contributed by atoms with van der Waals surface area (Å²) in [5.41, 5.74) is 5.12. The molecule has 0 radical (unpaired) electrons. The van der Waals surface area contributed by atoms with Crippen LogP contribution in [0.25, 0.3) is 11.1 Å². The first-order valence-corrected chi connectivity index (χ1v) is 9.60. The highest BCUT2D eigenvalue weighted by molar-refractivity contribution is 6.01. The van der Waals surface area contributed by atoms with Crippen LogP contribution in [0.3, 0.4) is 0 Å². The van der Waals surface area contributed by atoms with E-state index in [-0.39, 0.29) is 11.9 Å². The molecule has 2 N–H and O–H groups in total. The van der Waals surface area contributed by atoms with Gasteiger partial charge >= 0.3 is 0 Å². The van der Waals surface area contributed by atoms with Gasteiger partial charge in [0.25, 0.3) is 5.91 Å². The Morgan fingerprint density at radius 1 is 1.14 bits per heavy atom. The van der Waals surface area contributed by atoms with Gasteiger partial charge in [0.15, 0.2) is 0 Å². The summed E-state index contributed by atoms with van der Waals surface area (Å²) in [7, 11) is 0. The van der Waals surface area contributed by atoms with Gasteiger partial charge in [-0.1, -0.05) is 12.1 Å². The minimum atomic E-state index is -0.140. The van der Waals surface area contributed by atoms with Crippen LogP contribution in [0.15, 0.2) is 48.8 Å². The number of anilines is 3. The minimum absolute atomic E-state index is 0.125. The molecule has 2 aliphatic rings. The summed E-state index contributed by atoms with van der Waals surface area (Å²) in [5, 5.41) is 10.2. The van der Waals surface area contributed by atoms with E-state index in [1.165, 1.54) is 0 Å². The van der Waals surface area contributed by atoms with Crippen LogP contribution < -0.4 is 15.1 Å². The second-order valence-electron chi connectivity index (χ2n) is 7.22. The zero-order valence-corrected chi connectivity index (χ0v) is 15.7. The maximum absolute atomic E-state index is 13.2. The lowest BCUT2D eigenvalue weighted by atomic mass is 10.1. The molecule has 1 saturated heterocycles. The lowest BCUT2D eigenvalue weighted by Gasteiger charge is -2.35. The first-order chi connectivity index (χ1) is 13.7. The predicted molar refractivity (Wildman–Crippen MR) is 110 cm³/mol. The lowest BCUT2D eigenvalue weighted by molar-refractivity contribution is -0.118. The molecule has 3 aromatic rings. The number of aryl methyl sites for hydroxylation is 1. The highest BCUT2D eigenvalue weighted by atomic mass is 16.2. The molecule has 7 heteroatoms. The molecule has 0 aliphatic carbocycles. The summed E-state index contributed by atoms with van der Waals surface area (Å²) in [4.78, 5) is 22.0. The van der Waals surface area contributed by atoms with E-state index < -0.39 is 0 Å². The number of hydrogen-bond donors (Lipinski definition) is 2. The van der Waals surface area contributed by atoms with Gasteiger partial charge in [0.05, 0.1) is 17.6 Å². The van der Waals surface area contributed by atoms with Crippen LogP contribution in [0.2, 0.25) is 0 Å². The van der Waals surface area contributed by atoms with Crippen molar-refractivity contribution in [1.82, 2.24) is 15.2 Å². The average molecular weight is 374 g/mol. The van der Waals surface area contributed by atoms with Crippen molar-refractivity contribution >= 4 is 23.1 Å². The number of para-hydroxylation sites is 2. The van der Waals surface area contributed by atoms with Crippen molar-refractivity contribution in [3.8, 4) is 11.1 Å². The van der Waals surface area contributed by atoms with Crippen molar-refractivity contribution in [3.63, 3.8) is 0 Å². The van der Waals surface area contributed by atoms with E-state index in [2.05, 4.69) is 32.5 Å². The summed E-state index contributed by atoms with van der Waals surface area (Å²) in [5.74, 6) is 0.848. The maximum atomic E-state index is 13.2. The largest absolute Gasteiger partial charge is 0.382 e. The van der Waals surface area contributed by atoms with E-state index in [4.69, 9.17) is 4.98 Å². The molecule has 1 amide bonds. The topological polar surface area (TPSA) is 77.2 Å². The Labute approximate surface area is 163 Å². The van der Waals surface area contributed by atoms with Crippen LogP contribution in [-0.2, 0) is 4.79 Å². The first-order valence-electron chi connectivity index (χ1n) is 9.60. The number of carbonyl (C=O) groups excluding carboxylic acids is 1. The third-order valence-electron chi connectivity index (χ3n) is 5.59. The summed E-state index contributed by atoms with van der Waals surface area (Å²) >= 11 is 0.